The number of aliphatic hydroxyl groups excluding tert-OH is 1. The Kier molecular flexibility index (Phi) is 32.2. The molecular formula is C54H78O4. The topological polar surface area (TPSA) is 71.4 Å². The molecule has 0 aromatic carbocycles. The van der Waals surface area contributed by atoms with Gasteiger partial charge in [-0.3, -0.25) is 14.4 Å². The summed E-state index contributed by atoms with van der Waals surface area (Å²) < 4.78 is 0. The van der Waals surface area contributed by atoms with Gasteiger partial charge in [-0.15, -0.1) is 6.58 Å². The number of hydrogen-bond donors (Lipinski definition) is 1. The Morgan fingerprint density at radius 2 is 0.845 bits per heavy atom. The number of hydrogen-bond acceptors (Lipinski definition) is 4. The SMILES string of the molecule is C=CC[C@H]1C=CC(=O)/C1=C/C=C/CCCCC.CC/C=C\C[C@H]1C=CC(=O)/C1=C/C=C/CCCCC.CCCCC/C=C/C=C1/C(=O)C=C[C@@H]1C/C=C\CCCCO. The van der Waals surface area contributed by atoms with E-state index in [-0.39, 0.29) is 41.7 Å². The van der Waals surface area contributed by atoms with Crippen molar-refractivity contribution in [2.45, 2.75) is 150 Å². The van der Waals surface area contributed by atoms with Crippen molar-refractivity contribution < 1.29 is 19.5 Å². The molecule has 318 valence electrons. The molecule has 4 nitrogen and oxygen atoms in total. The third-order valence-corrected chi connectivity index (χ3v) is 10.2. The van der Waals surface area contributed by atoms with Crippen LogP contribution >= 0.6 is 0 Å². The summed E-state index contributed by atoms with van der Waals surface area (Å²) >= 11 is 0. The number of carbonyl (C=O) groups is 3. The number of aliphatic hydroxyl groups is 1. The smallest absolute Gasteiger partial charge is 0.182 e. The van der Waals surface area contributed by atoms with Gasteiger partial charge in [0, 0.05) is 41.1 Å². The second-order valence-corrected chi connectivity index (χ2v) is 15.2. The lowest BCUT2D eigenvalue weighted by molar-refractivity contribution is -0.112. The van der Waals surface area contributed by atoms with Gasteiger partial charge in [0.25, 0.3) is 0 Å². The molecule has 0 amide bonds. The summed E-state index contributed by atoms with van der Waals surface area (Å²) in [4.78, 5) is 35.3. The number of carbonyl (C=O) groups excluding carboxylic acids is 3. The summed E-state index contributed by atoms with van der Waals surface area (Å²) in [6, 6.07) is 0. The van der Waals surface area contributed by atoms with Gasteiger partial charge in [-0.1, -0.05) is 170 Å². The summed E-state index contributed by atoms with van der Waals surface area (Å²) in [6.07, 6.45) is 61.3. The highest BCUT2D eigenvalue weighted by atomic mass is 16.3. The predicted molar refractivity (Wildman–Crippen MR) is 251 cm³/mol. The van der Waals surface area contributed by atoms with Gasteiger partial charge >= 0.3 is 0 Å². The van der Waals surface area contributed by atoms with E-state index in [2.05, 4.69) is 76.8 Å². The average molecular weight is 791 g/mol. The van der Waals surface area contributed by atoms with E-state index in [1.165, 1.54) is 57.8 Å². The van der Waals surface area contributed by atoms with Crippen LogP contribution in [0.1, 0.15) is 150 Å². The van der Waals surface area contributed by atoms with Gasteiger partial charge in [-0.05, 0) is 102 Å². The highest BCUT2D eigenvalue weighted by Crippen LogP contribution is 2.27. The molecule has 0 saturated carbocycles. The highest BCUT2D eigenvalue weighted by molar-refractivity contribution is 6.08. The second-order valence-electron chi connectivity index (χ2n) is 15.2. The molecule has 1 N–H and O–H groups in total. The summed E-state index contributed by atoms with van der Waals surface area (Å²) in [5.41, 5.74) is 2.75. The minimum absolute atomic E-state index is 0.148. The Balaban J connectivity index is 0.000000439. The predicted octanol–water partition coefficient (Wildman–Crippen LogP) is 14.5. The molecule has 4 heteroatoms. The van der Waals surface area contributed by atoms with Gasteiger partial charge in [0.15, 0.2) is 17.3 Å². The molecule has 0 aliphatic heterocycles. The average Bonchev–Trinajstić information content (AvgIpc) is 3.89. The number of ketones is 3. The molecule has 0 unspecified atom stereocenters. The maximum Gasteiger partial charge on any atom is 0.182 e. The van der Waals surface area contributed by atoms with E-state index in [1.807, 2.05) is 60.8 Å². The van der Waals surface area contributed by atoms with Gasteiger partial charge in [-0.2, -0.15) is 0 Å². The summed E-state index contributed by atoms with van der Waals surface area (Å²) in [5.74, 6) is 1.21. The van der Waals surface area contributed by atoms with Crippen LogP contribution in [0, 0.1) is 17.8 Å². The molecular weight excluding hydrogens is 713 g/mol. The van der Waals surface area contributed by atoms with Crippen LogP contribution in [0.5, 0.6) is 0 Å². The molecule has 0 heterocycles. The van der Waals surface area contributed by atoms with Crippen molar-refractivity contribution >= 4 is 17.3 Å². The zero-order valence-corrected chi connectivity index (χ0v) is 36.8. The van der Waals surface area contributed by atoms with Crippen molar-refractivity contribution in [2.24, 2.45) is 17.8 Å². The van der Waals surface area contributed by atoms with Crippen LogP contribution in [0.25, 0.3) is 0 Å². The van der Waals surface area contributed by atoms with E-state index in [0.717, 1.165) is 80.9 Å². The van der Waals surface area contributed by atoms with Crippen LogP contribution in [0.3, 0.4) is 0 Å². The normalized spacial score (nSPS) is 21.1. The molecule has 0 radical (unpaired) electrons. The van der Waals surface area contributed by atoms with E-state index in [4.69, 9.17) is 5.11 Å². The van der Waals surface area contributed by atoms with Crippen LogP contribution in [-0.2, 0) is 14.4 Å². The van der Waals surface area contributed by atoms with E-state index >= 15 is 0 Å². The maximum absolute atomic E-state index is 11.9. The van der Waals surface area contributed by atoms with Gasteiger partial charge in [0.2, 0.25) is 0 Å². The van der Waals surface area contributed by atoms with E-state index < -0.39 is 0 Å². The lowest BCUT2D eigenvalue weighted by atomic mass is 9.97. The fourth-order valence-electron chi connectivity index (χ4n) is 6.66. The molecule has 0 bridgehead atoms. The minimum atomic E-state index is 0.148. The summed E-state index contributed by atoms with van der Waals surface area (Å²) in [5, 5.41) is 8.73. The van der Waals surface area contributed by atoms with Crippen LogP contribution in [0.4, 0.5) is 0 Å². The summed E-state index contributed by atoms with van der Waals surface area (Å²) in [7, 11) is 0. The van der Waals surface area contributed by atoms with Crippen LogP contribution < -0.4 is 0 Å². The van der Waals surface area contributed by atoms with Crippen LogP contribution in [0.2, 0.25) is 0 Å². The Hall–Kier alpha value is -4.15. The van der Waals surface area contributed by atoms with Gasteiger partial charge in [-0.25, -0.2) is 0 Å². The first-order chi connectivity index (χ1) is 28.4. The Morgan fingerprint density at radius 1 is 0.483 bits per heavy atom. The molecule has 0 aromatic rings. The second kappa shape index (κ2) is 36.0. The van der Waals surface area contributed by atoms with E-state index in [0.29, 0.717) is 0 Å². The van der Waals surface area contributed by atoms with E-state index in [1.54, 1.807) is 18.2 Å². The van der Waals surface area contributed by atoms with Crippen molar-refractivity contribution in [3.05, 3.63) is 145 Å². The lowest BCUT2D eigenvalue weighted by Crippen LogP contribution is -2.01. The monoisotopic (exact) mass is 791 g/mol. The molecule has 0 aromatic heterocycles. The first-order valence-electron chi connectivity index (χ1n) is 22.7. The van der Waals surface area contributed by atoms with Crippen molar-refractivity contribution in [1.82, 2.24) is 0 Å². The zero-order valence-electron chi connectivity index (χ0n) is 36.8. The molecule has 3 rings (SSSR count). The third-order valence-electron chi connectivity index (χ3n) is 10.2. The summed E-state index contributed by atoms with van der Waals surface area (Å²) in [6.45, 7) is 12.7. The van der Waals surface area contributed by atoms with Gasteiger partial charge in [0.05, 0.1) is 0 Å². The van der Waals surface area contributed by atoms with Crippen LogP contribution in [0.15, 0.2) is 145 Å². The number of unbranched alkanes of at least 4 members (excludes halogenated alkanes) is 11. The van der Waals surface area contributed by atoms with Crippen molar-refractivity contribution in [3.63, 3.8) is 0 Å². The lowest BCUT2D eigenvalue weighted by Gasteiger charge is -2.06. The molecule has 58 heavy (non-hydrogen) atoms. The molecule has 3 atom stereocenters. The van der Waals surface area contributed by atoms with Gasteiger partial charge < -0.3 is 5.11 Å². The molecule has 3 aliphatic rings. The minimum Gasteiger partial charge on any atom is -0.396 e. The Bertz CT molecular complexity index is 1510. The molecule has 0 saturated heterocycles. The quantitative estimate of drug-likeness (QED) is 0.0538. The Labute approximate surface area is 354 Å². The fourth-order valence-corrected chi connectivity index (χ4v) is 6.66. The molecule has 0 fully saturated rings. The standard InChI is InChI=1S/C20H30O2.C18H26O.C16H22O/c1-2-3-4-5-8-11-14-19-18(15-16-20(19)22)13-10-7-6-9-12-17-21;1-3-5-7-8-9-11-13-17-16(12-10-6-4-2)14-15-18(17)19;1-3-5-6-7-8-9-11-15-14(10-4-2)12-13-16(15)17/h7-8,10-11,14-16,18,21H,2-6,9,12-13,17H2,1H3;6,9-11,13-16H,3-5,7-8,12H2,1-2H3;4,8-9,11-14H,2-3,5-7,10H2,1H3/b10-7-,11-8+,19-14+;10-6-,11-9+,17-13+;9-8+,15-11+/t18-;16-;14-/m000/s1. The maximum atomic E-state index is 11.9. The van der Waals surface area contributed by atoms with Crippen molar-refractivity contribution in [2.75, 3.05) is 6.61 Å². The molecule has 3 aliphatic carbocycles. The van der Waals surface area contributed by atoms with E-state index in [9.17, 15) is 14.4 Å². The largest absolute Gasteiger partial charge is 0.396 e. The first-order valence-corrected chi connectivity index (χ1v) is 22.7. The first kappa shape index (κ1) is 51.9. The number of allylic oxidation sites excluding steroid dienone is 23. The Morgan fingerprint density at radius 3 is 1.21 bits per heavy atom. The third kappa shape index (κ3) is 23.9. The van der Waals surface area contributed by atoms with Crippen molar-refractivity contribution in [3.8, 4) is 0 Å². The number of rotatable bonds is 26. The highest BCUT2D eigenvalue weighted by Gasteiger charge is 2.22. The van der Waals surface area contributed by atoms with Gasteiger partial charge in [0.1, 0.15) is 0 Å². The van der Waals surface area contributed by atoms with Crippen LogP contribution in [-0.4, -0.2) is 29.1 Å². The zero-order chi connectivity index (χ0) is 42.5. The fraction of sp³-hybridized carbons (Fsp3) is 0.500. The molecule has 0 spiro atoms. The van der Waals surface area contributed by atoms with Crippen molar-refractivity contribution in [1.29, 1.82) is 0 Å².